The van der Waals surface area contributed by atoms with E-state index in [0.717, 1.165) is 18.8 Å². The maximum atomic E-state index is 3.00. The van der Waals surface area contributed by atoms with Crippen LogP contribution < -0.4 is 0 Å². The fourth-order valence-corrected chi connectivity index (χ4v) is 8.50. The lowest BCUT2D eigenvalue weighted by molar-refractivity contribution is 0.442. The molecule has 1 atom stereocenters. The Labute approximate surface area is 350 Å². The minimum Gasteiger partial charge on any atom is -0.313 e. The number of aromatic nitrogens is 1. The largest absolute Gasteiger partial charge is 0.313 e. The molecule has 1 nitrogen and oxygen atoms in total. The summed E-state index contributed by atoms with van der Waals surface area (Å²) in [6, 6.07) is 48.8. The van der Waals surface area contributed by atoms with Crippen molar-refractivity contribution in [1.29, 1.82) is 0 Å². The summed E-state index contributed by atoms with van der Waals surface area (Å²) in [6.45, 7) is 21.2. The molecule has 1 heteroatoms. The second-order valence-electron chi connectivity index (χ2n) is 15.2. The Kier molecular flexibility index (Phi) is 16.3. The normalized spacial score (nSPS) is 12.4. The van der Waals surface area contributed by atoms with Gasteiger partial charge in [0.2, 0.25) is 0 Å². The summed E-state index contributed by atoms with van der Waals surface area (Å²) in [5.74, 6) is 0.845. The van der Waals surface area contributed by atoms with Gasteiger partial charge in [-0.15, -0.1) is 13.2 Å². The molecule has 0 aliphatic heterocycles. The van der Waals surface area contributed by atoms with Gasteiger partial charge in [0, 0.05) is 22.3 Å². The van der Waals surface area contributed by atoms with E-state index in [1.807, 2.05) is 13.8 Å². The Morgan fingerprint density at radius 3 is 2.10 bits per heavy atom. The highest BCUT2D eigenvalue weighted by Gasteiger charge is 2.19. The monoisotopic (exact) mass is 764 g/mol. The molecule has 0 spiro atoms. The first kappa shape index (κ1) is 43.5. The molecule has 6 aromatic carbocycles. The molecule has 58 heavy (non-hydrogen) atoms. The van der Waals surface area contributed by atoms with E-state index in [9.17, 15) is 0 Å². The molecule has 7 aromatic rings. The third-order valence-corrected chi connectivity index (χ3v) is 11.5. The number of hydrogen-bond donors (Lipinski definition) is 0. The van der Waals surface area contributed by atoms with Crippen LogP contribution >= 0.6 is 0 Å². The lowest BCUT2D eigenvalue weighted by Crippen LogP contribution is -2.04. The van der Waals surface area contributed by atoms with Gasteiger partial charge in [-0.3, -0.25) is 0 Å². The fraction of sp³-hybridized carbons (Fsp3) is 0.263. The van der Waals surface area contributed by atoms with Gasteiger partial charge in [-0.2, -0.15) is 0 Å². The smallest absolute Gasteiger partial charge is 0.0537 e. The van der Waals surface area contributed by atoms with E-state index < -0.39 is 0 Å². The van der Waals surface area contributed by atoms with Crippen molar-refractivity contribution in [3.05, 3.63) is 192 Å². The molecular formula is C57H65N. The average molecular weight is 764 g/mol. The summed E-state index contributed by atoms with van der Waals surface area (Å²) < 4.78 is 2.46. The standard InChI is InChI=1S/C36H29N.C17H26.C2H6.C2H4/c1-24-11-3-5-13-29(24)33-23-27-12-4-6-14-30(27)36(25(33)2)26-19-21-28(22-20-26)37-34-17-9-7-15-31(34)32-16-8-10-18-35(32)37;1-4-9-16(13-12-15(3)5-2)14-17-10-7-6-8-11-17;2*1-2/h3-9,11-17,19-23H,10,18H2,1-2H3;5-8,10-11,16H,4,9,12-14H2,1-3H3;1-2H3;1-2H2/b;15-5-;;. The fourth-order valence-electron chi connectivity index (χ4n) is 8.50. The van der Waals surface area contributed by atoms with Crippen molar-refractivity contribution in [2.75, 3.05) is 0 Å². The van der Waals surface area contributed by atoms with Gasteiger partial charge in [-0.25, -0.2) is 0 Å². The lowest BCUT2D eigenvalue weighted by Gasteiger charge is -2.18. The zero-order valence-electron chi connectivity index (χ0n) is 36.3. The molecule has 0 bridgehead atoms. The highest BCUT2D eigenvalue weighted by molar-refractivity contribution is 6.03. The Balaban J connectivity index is 0.000000258. The molecule has 1 aliphatic rings. The van der Waals surface area contributed by atoms with Crippen LogP contribution in [0, 0.1) is 19.8 Å². The molecule has 0 saturated heterocycles. The number of para-hydroxylation sites is 1. The Morgan fingerprint density at radius 1 is 0.741 bits per heavy atom. The number of allylic oxidation sites excluding steroid dienone is 3. The lowest BCUT2D eigenvalue weighted by atomic mass is 9.87. The van der Waals surface area contributed by atoms with Gasteiger partial charge in [-0.1, -0.05) is 167 Å². The van der Waals surface area contributed by atoms with Crippen molar-refractivity contribution in [1.82, 2.24) is 4.57 Å². The molecule has 1 aromatic heterocycles. The van der Waals surface area contributed by atoms with Gasteiger partial charge in [0.1, 0.15) is 0 Å². The van der Waals surface area contributed by atoms with Crippen molar-refractivity contribution in [2.24, 2.45) is 5.92 Å². The van der Waals surface area contributed by atoms with Gasteiger partial charge in [0.25, 0.3) is 0 Å². The Hall–Kier alpha value is -5.66. The third-order valence-electron chi connectivity index (χ3n) is 11.5. The van der Waals surface area contributed by atoms with Crippen LogP contribution in [0.3, 0.4) is 0 Å². The van der Waals surface area contributed by atoms with Crippen molar-refractivity contribution in [2.45, 2.75) is 93.4 Å². The topological polar surface area (TPSA) is 4.93 Å². The van der Waals surface area contributed by atoms with Crippen LogP contribution in [0.2, 0.25) is 0 Å². The van der Waals surface area contributed by atoms with Gasteiger partial charge in [0.15, 0.2) is 0 Å². The van der Waals surface area contributed by atoms with Crippen LogP contribution in [-0.2, 0) is 12.8 Å². The molecule has 0 fully saturated rings. The first-order valence-electron chi connectivity index (χ1n) is 21.6. The van der Waals surface area contributed by atoms with Crippen molar-refractivity contribution < 1.29 is 0 Å². The van der Waals surface area contributed by atoms with E-state index >= 15 is 0 Å². The maximum absolute atomic E-state index is 3.00. The molecule has 8 rings (SSSR count). The van der Waals surface area contributed by atoms with Crippen molar-refractivity contribution in [3.8, 4) is 27.9 Å². The summed E-state index contributed by atoms with van der Waals surface area (Å²) >= 11 is 0. The number of aryl methyl sites for hydroxylation is 1. The van der Waals surface area contributed by atoms with Gasteiger partial charge in [0.05, 0.1) is 5.52 Å². The first-order valence-corrected chi connectivity index (χ1v) is 21.6. The zero-order valence-corrected chi connectivity index (χ0v) is 36.3. The van der Waals surface area contributed by atoms with E-state index in [-0.39, 0.29) is 0 Å². The number of rotatable bonds is 10. The molecule has 0 radical (unpaired) electrons. The average Bonchev–Trinajstić information content (AvgIpc) is 3.62. The van der Waals surface area contributed by atoms with Gasteiger partial charge < -0.3 is 4.57 Å². The number of benzene rings is 6. The van der Waals surface area contributed by atoms with Crippen LogP contribution in [0.25, 0.3) is 55.7 Å². The second kappa shape index (κ2) is 21.8. The summed E-state index contributed by atoms with van der Waals surface area (Å²) in [6.07, 6.45) is 15.5. The highest BCUT2D eigenvalue weighted by atomic mass is 15.0. The SMILES string of the molecule is C/C=C(/C)CCC(CCC)Cc1ccccc1.C=C.CC.Cc1ccccc1-c1cc2ccccc2c(-c2ccc(-n3c4c(c5ccccc53)C=CCC4)cc2)c1C. The molecule has 1 heterocycles. The summed E-state index contributed by atoms with van der Waals surface area (Å²) in [4.78, 5) is 0. The quantitative estimate of drug-likeness (QED) is 0.122. The van der Waals surface area contributed by atoms with E-state index in [2.05, 4.69) is 204 Å². The van der Waals surface area contributed by atoms with Crippen LogP contribution in [0.5, 0.6) is 0 Å². The zero-order chi connectivity index (χ0) is 41.4. The van der Waals surface area contributed by atoms with E-state index in [1.165, 1.54) is 115 Å². The molecule has 0 N–H and O–H groups in total. The molecular weight excluding hydrogens is 699 g/mol. The molecule has 1 aliphatic carbocycles. The molecule has 1 unspecified atom stereocenters. The predicted octanol–water partition coefficient (Wildman–Crippen LogP) is 16.9. The van der Waals surface area contributed by atoms with Crippen molar-refractivity contribution >= 4 is 27.8 Å². The van der Waals surface area contributed by atoms with E-state index in [4.69, 9.17) is 0 Å². The minimum absolute atomic E-state index is 0.845. The Morgan fingerprint density at radius 2 is 1.40 bits per heavy atom. The van der Waals surface area contributed by atoms with Gasteiger partial charge in [-0.05, 0) is 140 Å². The number of nitrogens with zero attached hydrogens (tertiary/aromatic N) is 1. The van der Waals surface area contributed by atoms with Crippen LogP contribution in [0.4, 0.5) is 0 Å². The minimum atomic E-state index is 0.845. The maximum Gasteiger partial charge on any atom is 0.0537 e. The second-order valence-corrected chi connectivity index (χ2v) is 15.2. The summed E-state index contributed by atoms with van der Waals surface area (Å²) in [7, 11) is 0. The van der Waals surface area contributed by atoms with E-state index in [0.29, 0.717) is 0 Å². The molecule has 0 amide bonds. The third kappa shape index (κ3) is 10.1. The predicted molar refractivity (Wildman–Crippen MR) is 258 cm³/mol. The first-order chi connectivity index (χ1) is 28.5. The van der Waals surface area contributed by atoms with Gasteiger partial charge >= 0.3 is 0 Å². The summed E-state index contributed by atoms with van der Waals surface area (Å²) in [5.41, 5.74) is 16.2. The van der Waals surface area contributed by atoms with E-state index in [1.54, 1.807) is 0 Å². The van der Waals surface area contributed by atoms with Crippen LogP contribution in [0.1, 0.15) is 94.7 Å². The number of hydrogen-bond acceptors (Lipinski definition) is 0. The summed E-state index contributed by atoms with van der Waals surface area (Å²) in [5, 5.41) is 3.92. The van der Waals surface area contributed by atoms with Crippen LogP contribution in [0.15, 0.2) is 164 Å². The number of fused-ring (bicyclic) bond motifs is 4. The highest BCUT2D eigenvalue weighted by Crippen LogP contribution is 2.40. The van der Waals surface area contributed by atoms with Crippen molar-refractivity contribution in [3.63, 3.8) is 0 Å². The van der Waals surface area contributed by atoms with Crippen LogP contribution in [-0.4, -0.2) is 4.57 Å². The molecule has 298 valence electrons. The Bertz CT molecular complexity index is 2420. The molecule has 0 saturated carbocycles.